The fraction of sp³-hybridized carbons (Fsp3) is 0.182. The number of fused-ring (bicyclic) bond motifs is 2. The minimum absolute atomic E-state index is 0.120. The van der Waals surface area contributed by atoms with E-state index in [1.807, 2.05) is 0 Å². The lowest BCUT2D eigenvalue weighted by Crippen LogP contribution is -2.16. The first kappa shape index (κ1) is 9.59. The topological polar surface area (TPSA) is 52.0 Å². The molecule has 16 heavy (non-hydrogen) atoms. The molecular formula is C11H8N2O2S. The first-order chi connectivity index (χ1) is 7.77. The lowest BCUT2D eigenvalue weighted by atomic mass is 10.2. The molecular weight excluding hydrogens is 224 g/mol. The molecule has 0 N–H and O–H groups in total. The van der Waals surface area contributed by atoms with Crippen LogP contribution in [0.3, 0.4) is 0 Å². The van der Waals surface area contributed by atoms with Crippen LogP contribution < -0.4 is 11.1 Å². The Morgan fingerprint density at radius 2 is 1.94 bits per heavy atom. The third-order valence-electron chi connectivity index (χ3n) is 2.61. The largest absolute Gasteiger partial charge is 0.286 e. The van der Waals surface area contributed by atoms with Gasteiger partial charge in [0.15, 0.2) is 5.16 Å². The standard InChI is InChI=1S/C11H8N2O2S/c14-9-7-3-1-2-4-8(7)10(15)13-5-6-16-11(13)12-9/h1-4H,5-6H2. The Bertz CT molecular complexity index is 694. The zero-order chi connectivity index (χ0) is 11.1. The second-order valence-corrected chi connectivity index (χ2v) is 4.61. The Labute approximate surface area is 94.9 Å². The predicted molar refractivity (Wildman–Crippen MR) is 63.0 cm³/mol. The molecule has 3 rings (SSSR count). The lowest BCUT2D eigenvalue weighted by molar-refractivity contribution is 0.671. The van der Waals surface area contributed by atoms with Crippen LogP contribution in [-0.4, -0.2) is 15.3 Å². The third kappa shape index (κ3) is 1.28. The molecule has 0 fully saturated rings. The normalized spacial score (nSPS) is 14.0. The summed E-state index contributed by atoms with van der Waals surface area (Å²) in [5, 5.41) is 1.38. The van der Waals surface area contributed by atoms with Gasteiger partial charge in [0.05, 0.1) is 10.8 Å². The molecule has 1 aliphatic rings. The molecule has 0 aliphatic carbocycles. The second-order valence-electron chi connectivity index (χ2n) is 3.55. The molecule has 1 aromatic carbocycles. The molecule has 2 aromatic rings. The van der Waals surface area contributed by atoms with Crippen LogP contribution in [0.4, 0.5) is 0 Å². The Morgan fingerprint density at radius 3 is 2.75 bits per heavy atom. The van der Waals surface area contributed by atoms with Crippen molar-refractivity contribution in [2.24, 2.45) is 0 Å². The molecule has 0 bridgehead atoms. The maximum atomic E-state index is 12.1. The fourth-order valence-electron chi connectivity index (χ4n) is 1.83. The van der Waals surface area contributed by atoms with E-state index in [1.54, 1.807) is 28.8 Å². The molecule has 0 unspecified atom stereocenters. The number of benzene rings is 1. The van der Waals surface area contributed by atoms with E-state index in [-0.39, 0.29) is 11.1 Å². The number of nitrogens with zero attached hydrogens (tertiary/aromatic N) is 2. The van der Waals surface area contributed by atoms with Crippen molar-refractivity contribution >= 4 is 22.5 Å². The molecule has 1 aromatic heterocycles. The average molecular weight is 232 g/mol. The van der Waals surface area contributed by atoms with Gasteiger partial charge in [0.25, 0.3) is 11.1 Å². The van der Waals surface area contributed by atoms with Crippen molar-refractivity contribution in [3.8, 4) is 0 Å². The maximum Gasteiger partial charge on any atom is 0.280 e. The number of hydrogen-bond donors (Lipinski definition) is 0. The zero-order valence-electron chi connectivity index (χ0n) is 8.34. The Balaban J connectivity index is 2.63. The van der Waals surface area contributed by atoms with Crippen LogP contribution in [0, 0.1) is 0 Å². The van der Waals surface area contributed by atoms with E-state index in [4.69, 9.17) is 0 Å². The minimum atomic E-state index is -0.323. The van der Waals surface area contributed by atoms with Crippen LogP contribution in [-0.2, 0) is 6.54 Å². The summed E-state index contributed by atoms with van der Waals surface area (Å²) in [5.74, 6) is 0.806. The van der Waals surface area contributed by atoms with Gasteiger partial charge in [0.1, 0.15) is 0 Å². The predicted octanol–water partition coefficient (Wildman–Crippen LogP) is 0.862. The molecule has 0 radical (unpaired) electrons. The van der Waals surface area contributed by atoms with Crippen LogP contribution in [0.2, 0.25) is 0 Å². The third-order valence-corrected chi connectivity index (χ3v) is 3.56. The van der Waals surface area contributed by atoms with Crippen molar-refractivity contribution in [1.29, 1.82) is 0 Å². The summed E-state index contributed by atoms with van der Waals surface area (Å²) in [5.41, 5.74) is -0.443. The molecule has 0 saturated carbocycles. The van der Waals surface area contributed by atoms with Crippen LogP contribution >= 0.6 is 11.8 Å². The van der Waals surface area contributed by atoms with Crippen molar-refractivity contribution in [2.45, 2.75) is 11.7 Å². The van der Waals surface area contributed by atoms with Gasteiger partial charge in [-0.15, -0.1) is 0 Å². The summed E-state index contributed by atoms with van der Waals surface area (Å²) >= 11 is 1.45. The highest BCUT2D eigenvalue weighted by molar-refractivity contribution is 7.99. The lowest BCUT2D eigenvalue weighted by Gasteiger charge is -1.93. The van der Waals surface area contributed by atoms with Crippen LogP contribution in [0.15, 0.2) is 39.0 Å². The van der Waals surface area contributed by atoms with Gasteiger partial charge in [-0.2, -0.15) is 4.98 Å². The summed E-state index contributed by atoms with van der Waals surface area (Å²) in [6.07, 6.45) is 0. The number of rotatable bonds is 0. The summed E-state index contributed by atoms with van der Waals surface area (Å²) in [4.78, 5) is 27.9. The molecule has 1 aliphatic heterocycles. The number of aromatic nitrogens is 2. The monoisotopic (exact) mass is 232 g/mol. The van der Waals surface area contributed by atoms with Gasteiger partial charge in [0, 0.05) is 12.3 Å². The Morgan fingerprint density at radius 1 is 1.19 bits per heavy atom. The van der Waals surface area contributed by atoms with Gasteiger partial charge in [-0.1, -0.05) is 23.9 Å². The van der Waals surface area contributed by atoms with Gasteiger partial charge < -0.3 is 0 Å². The summed E-state index contributed by atoms with van der Waals surface area (Å²) in [7, 11) is 0. The van der Waals surface area contributed by atoms with Crippen LogP contribution in [0.25, 0.3) is 10.8 Å². The summed E-state index contributed by atoms with van der Waals surface area (Å²) < 4.78 is 1.58. The van der Waals surface area contributed by atoms with E-state index >= 15 is 0 Å². The van der Waals surface area contributed by atoms with E-state index in [2.05, 4.69) is 4.98 Å². The van der Waals surface area contributed by atoms with Gasteiger partial charge in [0.2, 0.25) is 0 Å². The molecule has 5 heteroatoms. The van der Waals surface area contributed by atoms with E-state index in [0.717, 1.165) is 5.75 Å². The number of thioether (sulfide) groups is 1. The van der Waals surface area contributed by atoms with Crippen molar-refractivity contribution in [2.75, 3.05) is 5.75 Å². The second kappa shape index (κ2) is 3.45. The van der Waals surface area contributed by atoms with Crippen molar-refractivity contribution < 1.29 is 0 Å². The minimum Gasteiger partial charge on any atom is -0.286 e. The van der Waals surface area contributed by atoms with E-state index < -0.39 is 0 Å². The molecule has 0 atom stereocenters. The van der Waals surface area contributed by atoms with Crippen molar-refractivity contribution in [1.82, 2.24) is 9.55 Å². The number of hydrogen-bond acceptors (Lipinski definition) is 4. The maximum absolute atomic E-state index is 12.1. The van der Waals surface area contributed by atoms with Gasteiger partial charge in [-0.25, -0.2) is 0 Å². The first-order valence-electron chi connectivity index (χ1n) is 4.94. The zero-order valence-corrected chi connectivity index (χ0v) is 9.16. The summed E-state index contributed by atoms with van der Waals surface area (Å²) in [6.45, 7) is 0.629. The SMILES string of the molecule is O=c1nc2n(c(=O)c3ccccc13)CCS2. The fourth-order valence-corrected chi connectivity index (χ4v) is 2.77. The van der Waals surface area contributed by atoms with Crippen molar-refractivity contribution in [3.63, 3.8) is 0 Å². The smallest absolute Gasteiger partial charge is 0.280 e. The van der Waals surface area contributed by atoms with Gasteiger partial charge in [-0.05, 0) is 12.1 Å². The molecule has 0 amide bonds. The van der Waals surface area contributed by atoms with E-state index in [0.29, 0.717) is 22.5 Å². The summed E-state index contributed by atoms with van der Waals surface area (Å²) in [6, 6.07) is 6.83. The highest BCUT2D eigenvalue weighted by Gasteiger charge is 2.15. The molecule has 0 saturated heterocycles. The first-order valence-corrected chi connectivity index (χ1v) is 5.92. The molecule has 0 spiro atoms. The van der Waals surface area contributed by atoms with Gasteiger partial charge >= 0.3 is 0 Å². The van der Waals surface area contributed by atoms with Crippen molar-refractivity contribution in [3.05, 3.63) is 45.0 Å². The molecule has 2 heterocycles. The van der Waals surface area contributed by atoms with Crippen LogP contribution in [0.5, 0.6) is 0 Å². The Kier molecular flexibility index (Phi) is 2.07. The van der Waals surface area contributed by atoms with Gasteiger partial charge in [-0.3, -0.25) is 14.2 Å². The van der Waals surface area contributed by atoms with E-state index in [1.165, 1.54) is 11.8 Å². The van der Waals surface area contributed by atoms with E-state index in [9.17, 15) is 9.59 Å². The van der Waals surface area contributed by atoms with Crippen LogP contribution in [0.1, 0.15) is 0 Å². The quantitative estimate of drug-likeness (QED) is 0.676. The highest BCUT2D eigenvalue weighted by atomic mass is 32.2. The highest BCUT2D eigenvalue weighted by Crippen LogP contribution is 2.19. The molecule has 80 valence electrons. The average Bonchev–Trinajstić information content (AvgIpc) is 2.72. The molecule has 4 nitrogen and oxygen atoms in total. The Hall–Kier alpha value is -1.62.